The van der Waals surface area contributed by atoms with Crippen LogP contribution in [0.4, 0.5) is 13.2 Å². The van der Waals surface area contributed by atoms with Crippen LogP contribution < -0.4 is 5.32 Å². The number of esters is 1. The third-order valence-electron chi connectivity index (χ3n) is 6.65. The van der Waals surface area contributed by atoms with E-state index in [1.807, 2.05) is 23.5 Å². The van der Waals surface area contributed by atoms with E-state index in [1.54, 1.807) is 6.07 Å². The molecular weight excluding hydrogens is 469 g/mol. The highest BCUT2D eigenvalue weighted by Crippen LogP contribution is 2.39. The summed E-state index contributed by atoms with van der Waals surface area (Å²) in [6, 6.07) is 18.1. The fourth-order valence-corrected chi connectivity index (χ4v) is 4.37. The number of likely N-dealkylation sites (tertiary alicyclic amines) is 1. The minimum absolute atomic E-state index is 0.0759. The van der Waals surface area contributed by atoms with Gasteiger partial charge in [0.1, 0.15) is 0 Å². The Labute approximate surface area is 211 Å². The molecular formula is C28H35F3N2O3. The van der Waals surface area contributed by atoms with Crippen molar-refractivity contribution < 1.29 is 27.5 Å². The Morgan fingerprint density at radius 3 is 2.31 bits per heavy atom. The first-order valence-corrected chi connectivity index (χ1v) is 12.6. The predicted octanol–water partition coefficient (Wildman–Crippen LogP) is 5.36. The van der Waals surface area contributed by atoms with Gasteiger partial charge in [0, 0.05) is 6.54 Å². The molecule has 1 saturated heterocycles. The summed E-state index contributed by atoms with van der Waals surface area (Å²) in [6.45, 7) is 2.60. The number of piperidine rings is 1. The summed E-state index contributed by atoms with van der Waals surface area (Å²) in [7, 11) is 1.35. The van der Waals surface area contributed by atoms with Crippen LogP contribution in [0.25, 0.3) is 0 Å². The van der Waals surface area contributed by atoms with Crippen LogP contribution in [0, 0.1) is 5.92 Å². The maximum Gasteiger partial charge on any atom is 0.471 e. The molecule has 2 aromatic carbocycles. The van der Waals surface area contributed by atoms with Gasteiger partial charge in [-0.05, 0) is 93.3 Å². The molecule has 196 valence electrons. The Kier molecular flexibility index (Phi) is 10.3. The van der Waals surface area contributed by atoms with Crippen LogP contribution in [-0.4, -0.2) is 56.2 Å². The van der Waals surface area contributed by atoms with E-state index in [4.69, 9.17) is 4.74 Å². The maximum absolute atomic E-state index is 12.2. The first-order valence-electron chi connectivity index (χ1n) is 12.6. The van der Waals surface area contributed by atoms with Crippen LogP contribution in [-0.2, 0) is 16.0 Å². The largest absolute Gasteiger partial charge is 0.471 e. The Morgan fingerprint density at radius 1 is 1.00 bits per heavy atom. The third-order valence-corrected chi connectivity index (χ3v) is 6.65. The molecule has 4 rings (SSSR count). The number of halogens is 3. The molecule has 1 saturated carbocycles. The second kappa shape index (κ2) is 13.4. The highest BCUT2D eigenvalue weighted by molar-refractivity contribution is 5.89. The van der Waals surface area contributed by atoms with Crippen molar-refractivity contribution in [3.05, 3.63) is 71.3 Å². The molecule has 0 aromatic heterocycles. The van der Waals surface area contributed by atoms with Gasteiger partial charge < -0.3 is 15.0 Å². The van der Waals surface area contributed by atoms with Crippen molar-refractivity contribution in [1.29, 1.82) is 0 Å². The zero-order chi connectivity index (χ0) is 26.0. The SMILES string of the molecule is COC(=O)c1cccc(CCCN2CCC(CNC(=O)C(F)(F)F)CC2)c1.c1ccc(C2CC2)cc1. The topological polar surface area (TPSA) is 58.6 Å². The fraction of sp³-hybridized carbons (Fsp3) is 0.500. The highest BCUT2D eigenvalue weighted by atomic mass is 19.4. The minimum atomic E-state index is -4.81. The van der Waals surface area contributed by atoms with E-state index < -0.39 is 12.1 Å². The van der Waals surface area contributed by atoms with Crippen LogP contribution in [0.15, 0.2) is 54.6 Å². The number of alkyl halides is 3. The molecule has 1 aliphatic carbocycles. The zero-order valence-corrected chi connectivity index (χ0v) is 20.7. The number of amides is 1. The number of carbonyl (C=O) groups is 2. The van der Waals surface area contributed by atoms with Crippen molar-refractivity contribution >= 4 is 11.9 Å². The lowest BCUT2D eigenvalue weighted by Crippen LogP contribution is -2.42. The molecule has 1 aliphatic heterocycles. The molecule has 0 spiro atoms. The molecule has 0 unspecified atom stereocenters. The molecule has 1 amide bonds. The van der Waals surface area contributed by atoms with E-state index in [0.717, 1.165) is 56.8 Å². The Balaban J connectivity index is 0.000000331. The molecule has 0 radical (unpaired) electrons. The number of carbonyl (C=O) groups excluding carboxylic acids is 2. The lowest BCUT2D eigenvalue weighted by molar-refractivity contribution is -0.173. The molecule has 0 bridgehead atoms. The van der Waals surface area contributed by atoms with Gasteiger partial charge in [-0.15, -0.1) is 0 Å². The zero-order valence-electron chi connectivity index (χ0n) is 20.7. The number of aryl methyl sites for hydroxylation is 1. The number of rotatable bonds is 8. The van der Waals surface area contributed by atoms with Gasteiger partial charge in [-0.25, -0.2) is 4.79 Å². The smallest absolute Gasteiger partial charge is 0.465 e. The van der Waals surface area contributed by atoms with Gasteiger partial charge in [0.15, 0.2) is 0 Å². The first-order chi connectivity index (χ1) is 17.3. The average Bonchev–Trinajstić information content (AvgIpc) is 3.74. The van der Waals surface area contributed by atoms with Crippen LogP contribution in [0.2, 0.25) is 0 Å². The molecule has 0 atom stereocenters. The number of nitrogens with zero attached hydrogens (tertiary/aromatic N) is 1. The number of methoxy groups -OCH3 is 1. The van der Waals surface area contributed by atoms with Crippen molar-refractivity contribution in [2.75, 3.05) is 33.3 Å². The summed E-state index contributed by atoms with van der Waals surface area (Å²) in [5, 5.41) is 1.97. The van der Waals surface area contributed by atoms with Gasteiger partial charge in [-0.2, -0.15) is 13.2 Å². The highest BCUT2D eigenvalue weighted by Gasteiger charge is 2.38. The van der Waals surface area contributed by atoms with Gasteiger partial charge in [-0.3, -0.25) is 4.79 Å². The number of hydrogen-bond donors (Lipinski definition) is 1. The van der Waals surface area contributed by atoms with Crippen LogP contribution in [0.1, 0.15) is 59.5 Å². The molecule has 8 heteroatoms. The monoisotopic (exact) mass is 504 g/mol. The molecule has 2 aliphatic rings. The second-order valence-corrected chi connectivity index (χ2v) is 9.47. The van der Waals surface area contributed by atoms with E-state index in [2.05, 4.69) is 35.2 Å². The van der Waals surface area contributed by atoms with Gasteiger partial charge >= 0.3 is 18.1 Å². The second-order valence-electron chi connectivity index (χ2n) is 9.47. The van der Waals surface area contributed by atoms with Crippen molar-refractivity contribution in [3.63, 3.8) is 0 Å². The van der Waals surface area contributed by atoms with E-state index in [9.17, 15) is 22.8 Å². The van der Waals surface area contributed by atoms with Crippen LogP contribution in [0.3, 0.4) is 0 Å². The molecule has 2 aromatic rings. The van der Waals surface area contributed by atoms with Crippen molar-refractivity contribution in [2.45, 2.75) is 50.6 Å². The lowest BCUT2D eigenvalue weighted by atomic mass is 9.96. The quantitative estimate of drug-likeness (QED) is 0.492. The predicted molar refractivity (Wildman–Crippen MR) is 133 cm³/mol. The standard InChI is InChI=1S/C19H25F3N2O3.C9H10/c1-27-17(25)16-6-2-4-14(12-16)5-3-9-24-10-7-15(8-11-24)13-23-18(26)19(20,21)22;1-2-4-8(5-3-1)9-6-7-9/h2,4,6,12,15H,3,5,7-11,13H2,1H3,(H,23,26);1-5,9H,6-7H2. The Bertz CT molecular complexity index is 970. The number of nitrogens with one attached hydrogen (secondary N) is 1. The maximum atomic E-state index is 12.2. The molecule has 1 N–H and O–H groups in total. The van der Waals surface area contributed by atoms with E-state index in [0.29, 0.717) is 5.56 Å². The summed E-state index contributed by atoms with van der Waals surface area (Å²) < 4.78 is 41.3. The molecule has 1 heterocycles. The van der Waals surface area contributed by atoms with Crippen molar-refractivity contribution in [3.8, 4) is 0 Å². The summed E-state index contributed by atoms with van der Waals surface area (Å²) in [5.74, 6) is -1.22. The van der Waals surface area contributed by atoms with Crippen molar-refractivity contribution in [1.82, 2.24) is 10.2 Å². The molecule has 5 nitrogen and oxygen atoms in total. The van der Waals surface area contributed by atoms with Gasteiger partial charge in [-0.1, -0.05) is 42.5 Å². The number of hydrogen-bond acceptors (Lipinski definition) is 4. The fourth-order valence-electron chi connectivity index (χ4n) is 4.37. The van der Waals surface area contributed by atoms with Gasteiger partial charge in [0.2, 0.25) is 0 Å². The van der Waals surface area contributed by atoms with E-state index >= 15 is 0 Å². The first kappa shape index (κ1) is 27.7. The number of benzene rings is 2. The van der Waals surface area contributed by atoms with Crippen molar-refractivity contribution in [2.24, 2.45) is 5.92 Å². The summed E-state index contributed by atoms with van der Waals surface area (Å²) in [4.78, 5) is 24.7. The Hall–Kier alpha value is -2.87. The third kappa shape index (κ3) is 9.30. The summed E-state index contributed by atoms with van der Waals surface area (Å²) >= 11 is 0. The summed E-state index contributed by atoms with van der Waals surface area (Å²) in [5.41, 5.74) is 3.14. The van der Waals surface area contributed by atoms with E-state index in [-0.39, 0.29) is 18.4 Å². The lowest BCUT2D eigenvalue weighted by Gasteiger charge is -2.32. The van der Waals surface area contributed by atoms with E-state index in [1.165, 1.54) is 25.5 Å². The molecule has 2 fully saturated rings. The Morgan fingerprint density at radius 2 is 1.69 bits per heavy atom. The number of ether oxygens (including phenoxy) is 1. The van der Waals surface area contributed by atoms with Crippen LogP contribution in [0.5, 0.6) is 0 Å². The van der Waals surface area contributed by atoms with Gasteiger partial charge in [0.05, 0.1) is 12.7 Å². The molecule has 36 heavy (non-hydrogen) atoms. The van der Waals surface area contributed by atoms with Gasteiger partial charge in [0.25, 0.3) is 0 Å². The minimum Gasteiger partial charge on any atom is -0.465 e. The van der Waals surface area contributed by atoms with Crippen LogP contribution >= 0.6 is 0 Å². The summed E-state index contributed by atoms with van der Waals surface area (Å²) in [6.07, 6.45) is 1.32. The normalized spacial score (nSPS) is 16.6. The average molecular weight is 505 g/mol.